The zero-order chi connectivity index (χ0) is 14.8. The summed E-state index contributed by atoms with van der Waals surface area (Å²) >= 11 is 0. The standard InChI is InChI=1S/C19H22FN/c1-13-3-5-15(6-4-13)14(2)21-19-11-17(12-19)16-7-9-18(20)10-8-16/h3-10,14,17,19,21H,11-12H2,1-2H3. The Hall–Kier alpha value is -1.67. The summed E-state index contributed by atoms with van der Waals surface area (Å²) in [6.45, 7) is 4.33. The first-order valence-electron chi connectivity index (χ1n) is 7.70. The van der Waals surface area contributed by atoms with Gasteiger partial charge in [0.1, 0.15) is 5.82 Å². The lowest BCUT2D eigenvalue weighted by molar-refractivity contribution is 0.271. The zero-order valence-electron chi connectivity index (χ0n) is 12.6. The van der Waals surface area contributed by atoms with Gasteiger partial charge in [0.25, 0.3) is 0 Å². The molecule has 1 nitrogen and oxygen atoms in total. The van der Waals surface area contributed by atoms with Crippen LogP contribution in [0.15, 0.2) is 48.5 Å². The van der Waals surface area contributed by atoms with Gasteiger partial charge in [-0.25, -0.2) is 4.39 Å². The molecule has 1 unspecified atom stereocenters. The third-order valence-electron chi connectivity index (χ3n) is 4.54. The minimum Gasteiger partial charge on any atom is -0.307 e. The second-order valence-corrected chi connectivity index (χ2v) is 6.22. The molecule has 1 atom stereocenters. The Morgan fingerprint density at radius 1 is 1.00 bits per heavy atom. The van der Waals surface area contributed by atoms with Gasteiger partial charge in [0.15, 0.2) is 0 Å². The molecule has 2 aromatic rings. The van der Waals surface area contributed by atoms with E-state index in [1.165, 1.54) is 16.7 Å². The highest BCUT2D eigenvalue weighted by Gasteiger charge is 2.31. The Bertz CT molecular complexity index is 582. The smallest absolute Gasteiger partial charge is 0.123 e. The molecule has 1 fully saturated rings. The van der Waals surface area contributed by atoms with Crippen LogP contribution in [0.4, 0.5) is 4.39 Å². The molecule has 0 amide bonds. The second-order valence-electron chi connectivity index (χ2n) is 6.22. The fraction of sp³-hybridized carbons (Fsp3) is 0.368. The average Bonchev–Trinajstić information content (AvgIpc) is 2.44. The Kier molecular flexibility index (Phi) is 4.07. The van der Waals surface area contributed by atoms with E-state index >= 15 is 0 Å². The van der Waals surface area contributed by atoms with Gasteiger partial charge in [0.2, 0.25) is 0 Å². The van der Waals surface area contributed by atoms with Crippen LogP contribution in [0.2, 0.25) is 0 Å². The first kappa shape index (κ1) is 14.3. The topological polar surface area (TPSA) is 12.0 Å². The maximum Gasteiger partial charge on any atom is 0.123 e. The highest BCUT2D eigenvalue weighted by molar-refractivity contribution is 5.26. The highest BCUT2D eigenvalue weighted by atomic mass is 19.1. The summed E-state index contributed by atoms with van der Waals surface area (Å²) in [7, 11) is 0. The van der Waals surface area contributed by atoms with Gasteiger partial charge >= 0.3 is 0 Å². The molecular weight excluding hydrogens is 261 g/mol. The molecule has 1 N–H and O–H groups in total. The van der Waals surface area contributed by atoms with Gasteiger partial charge in [-0.3, -0.25) is 0 Å². The molecule has 0 heterocycles. The van der Waals surface area contributed by atoms with Crippen molar-refractivity contribution in [1.82, 2.24) is 5.32 Å². The molecule has 2 aromatic carbocycles. The number of benzene rings is 2. The second kappa shape index (κ2) is 5.98. The van der Waals surface area contributed by atoms with Crippen LogP contribution in [-0.2, 0) is 0 Å². The van der Waals surface area contributed by atoms with Crippen molar-refractivity contribution in [3.05, 3.63) is 71.0 Å². The SMILES string of the molecule is Cc1ccc(C(C)NC2CC(c3ccc(F)cc3)C2)cc1. The summed E-state index contributed by atoms with van der Waals surface area (Å²) < 4.78 is 12.9. The molecular formula is C19H22FN. The third-order valence-corrected chi connectivity index (χ3v) is 4.54. The van der Waals surface area contributed by atoms with Crippen molar-refractivity contribution >= 4 is 0 Å². The summed E-state index contributed by atoms with van der Waals surface area (Å²) in [5, 5.41) is 3.69. The van der Waals surface area contributed by atoms with Crippen molar-refractivity contribution in [1.29, 1.82) is 0 Å². The van der Waals surface area contributed by atoms with E-state index in [1.54, 1.807) is 12.1 Å². The van der Waals surface area contributed by atoms with E-state index in [4.69, 9.17) is 0 Å². The predicted molar refractivity (Wildman–Crippen MR) is 84.9 cm³/mol. The highest BCUT2D eigenvalue weighted by Crippen LogP contribution is 2.37. The van der Waals surface area contributed by atoms with Gasteiger partial charge in [-0.15, -0.1) is 0 Å². The molecule has 1 aliphatic carbocycles. The maximum atomic E-state index is 12.9. The maximum absolute atomic E-state index is 12.9. The molecule has 0 radical (unpaired) electrons. The normalized spacial score (nSPS) is 22.6. The van der Waals surface area contributed by atoms with Gasteiger partial charge in [0, 0.05) is 12.1 Å². The Morgan fingerprint density at radius 2 is 1.62 bits per heavy atom. The van der Waals surface area contributed by atoms with Crippen LogP contribution in [0.1, 0.15) is 48.4 Å². The van der Waals surface area contributed by atoms with Crippen molar-refractivity contribution < 1.29 is 4.39 Å². The molecule has 0 aliphatic heterocycles. The van der Waals surface area contributed by atoms with E-state index in [9.17, 15) is 4.39 Å². The molecule has 3 rings (SSSR count). The van der Waals surface area contributed by atoms with Crippen LogP contribution in [0.25, 0.3) is 0 Å². The van der Waals surface area contributed by atoms with E-state index < -0.39 is 0 Å². The molecule has 21 heavy (non-hydrogen) atoms. The van der Waals surface area contributed by atoms with Crippen LogP contribution in [-0.4, -0.2) is 6.04 Å². The van der Waals surface area contributed by atoms with Crippen molar-refractivity contribution in [3.63, 3.8) is 0 Å². The van der Waals surface area contributed by atoms with Crippen LogP contribution in [0, 0.1) is 12.7 Å². The Labute approximate surface area is 126 Å². The van der Waals surface area contributed by atoms with E-state index in [2.05, 4.69) is 43.4 Å². The van der Waals surface area contributed by atoms with Gasteiger partial charge < -0.3 is 5.32 Å². The minimum absolute atomic E-state index is 0.152. The van der Waals surface area contributed by atoms with Crippen molar-refractivity contribution in [2.75, 3.05) is 0 Å². The van der Waals surface area contributed by atoms with E-state index in [0.717, 1.165) is 12.8 Å². The fourth-order valence-electron chi connectivity index (χ4n) is 3.07. The number of nitrogens with one attached hydrogen (secondary N) is 1. The molecule has 1 saturated carbocycles. The average molecular weight is 283 g/mol. The summed E-state index contributed by atoms with van der Waals surface area (Å²) in [6.07, 6.45) is 2.28. The van der Waals surface area contributed by atoms with E-state index in [-0.39, 0.29) is 5.82 Å². The molecule has 110 valence electrons. The molecule has 0 spiro atoms. The Morgan fingerprint density at radius 3 is 2.24 bits per heavy atom. The van der Waals surface area contributed by atoms with Crippen molar-refractivity contribution in [3.8, 4) is 0 Å². The Balaban J connectivity index is 1.52. The van der Waals surface area contributed by atoms with Crippen LogP contribution >= 0.6 is 0 Å². The van der Waals surface area contributed by atoms with Gasteiger partial charge in [-0.2, -0.15) is 0 Å². The first-order chi connectivity index (χ1) is 10.1. The number of halogens is 1. The van der Waals surface area contributed by atoms with Gasteiger partial charge in [-0.1, -0.05) is 42.0 Å². The third kappa shape index (κ3) is 3.33. The lowest BCUT2D eigenvalue weighted by Gasteiger charge is -2.38. The van der Waals surface area contributed by atoms with Crippen molar-refractivity contribution in [2.24, 2.45) is 0 Å². The molecule has 1 aliphatic rings. The molecule has 2 heteroatoms. The summed E-state index contributed by atoms with van der Waals surface area (Å²) in [5.74, 6) is 0.425. The quantitative estimate of drug-likeness (QED) is 0.855. The van der Waals surface area contributed by atoms with Gasteiger partial charge in [-0.05, 0) is 55.9 Å². The summed E-state index contributed by atoms with van der Waals surface area (Å²) in [4.78, 5) is 0. The van der Waals surface area contributed by atoms with Crippen LogP contribution in [0.5, 0.6) is 0 Å². The lowest BCUT2D eigenvalue weighted by atomic mass is 9.75. The van der Waals surface area contributed by atoms with Crippen molar-refractivity contribution in [2.45, 2.75) is 44.7 Å². The number of rotatable bonds is 4. The molecule has 0 aromatic heterocycles. The molecule has 0 bridgehead atoms. The van der Waals surface area contributed by atoms with E-state index in [0.29, 0.717) is 18.0 Å². The first-order valence-corrected chi connectivity index (χ1v) is 7.70. The fourth-order valence-corrected chi connectivity index (χ4v) is 3.07. The molecule has 0 saturated heterocycles. The van der Waals surface area contributed by atoms with E-state index in [1.807, 2.05) is 12.1 Å². The van der Waals surface area contributed by atoms with Crippen LogP contribution in [0.3, 0.4) is 0 Å². The van der Waals surface area contributed by atoms with Crippen LogP contribution < -0.4 is 5.32 Å². The largest absolute Gasteiger partial charge is 0.307 e. The lowest BCUT2D eigenvalue weighted by Crippen LogP contribution is -2.41. The summed E-state index contributed by atoms with van der Waals surface area (Å²) in [6, 6.07) is 16.6. The predicted octanol–water partition coefficient (Wildman–Crippen LogP) is 4.73. The monoisotopic (exact) mass is 283 g/mol. The minimum atomic E-state index is -0.152. The number of hydrogen-bond acceptors (Lipinski definition) is 1. The van der Waals surface area contributed by atoms with Gasteiger partial charge in [0.05, 0.1) is 0 Å². The summed E-state index contributed by atoms with van der Waals surface area (Å²) in [5.41, 5.74) is 3.90. The zero-order valence-corrected chi connectivity index (χ0v) is 12.6. The number of hydrogen-bond donors (Lipinski definition) is 1. The number of aryl methyl sites for hydroxylation is 1.